The fourth-order valence-electron chi connectivity index (χ4n) is 9.37. The predicted octanol–water partition coefficient (Wildman–Crippen LogP) is 5.26. The summed E-state index contributed by atoms with van der Waals surface area (Å²) in [6.07, 6.45) is 8.25. The Kier molecular flexibility index (Phi) is 12.6. The molecule has 2 aromatic rings. The molecule has 60 heavy (non-hydrogen) atoms. The lowest BCUT2D eigenvalue weighted by Gasteiger charge is -2.35. The van der Waals surface area contributed by atoms with Crippen molar-refractivity contribution in [2.45, 2.75) is 140 Å². The number of aromatic nitrogens is 1. The minimum absolute atomic E-state index is 0.0124. The highest BCUT2D eigenvalue weighted by atomic mass is 32.2. The summed E-state index contributed by atoms with van der Waals surface area (Å²) in [5.74, 6) is -1.07. The van der Waals surface area contributed by atoms with E-state index >= 15 is 4.79 Å². The number of pyridine rings is 1. The van der Waals surface area contributed by atoms with Gasteiger partial charge in [0.25, 0.3) is 5.91 Å². The molecule has 16 heteroatoms. The van der Waals surface area contributed by atoms with Crippen LogP contribution in [0.2, 0.25) is 0 Å². The molecular formula is C44H61N5O10S. The number of nitrogens with zero attached hydrogens (tertiary/aromatic N) is 2. The van der Waals surface area contributed by atoms with Gasteiger partial charge < -0.3 is 34.5 Å². The zero-order chi connectivity index (χ0) is 43.0. The number of amides is 4. The molecular weight excluding hydrogens is 791 g/mol. The van der Waals surface area contributed by atoms with Gasteiger partial charge in [-0.2, -0.15) is 0 Å². The number of sulfonamides is 1. The Balaban J connectivity index is 1.29. The van der Waals surface area contributed by atoms with E-state index in [1.54, 1.807) is 13.2 Å². The number of cyclic esters (lactones) is 1. The number of carbonyl (C=O) groups is 4. The number of nitrogens with one attached hydrogen (secondary N) is 3. The first-order chi connectivity index (χ1) is 28.6. The van der Waals surface area contributed by atoms with Gasteiger partial charge >= 0.3 is 6.09 Å². The van der Waals surface area contributed by atoms with Gasteiger partial charge in [0.05, 0.1) is 37.6 Å². The van der Waals surface area contributed by atoms with Crippen LogP contribution in [0.5, 0.6) is 17.4 Å². The van der Waals surface area contributed by atoms with Gasteiger partial charge in [-0.1, -0.05) is 46.1 Å². The molecule has 5 aliphatic rings. The number of ether oxygens (including phenoxy) is 4. The molecule has 328 valence electrons. The normalized spacial score (nSPS) is 27.4. The molecule has 0 spiro atoms. The van der Waals surface area contributed by atoms with Gasteiger partial charge in [-0.05, 0) is 87.7 Å². The maximum absolute atomic E-state index is 15.0. The summed E-state index contributed by atoms with van der Waals surface area (Å²) in [4.78, 5) is 63.3. The maximum atomic E-state index is 15.0. The molecule has 1 aromatic heterocycles. The Morgan fingerprint density at radius 2 is 1.85 bits per heavy atom. The maximum Gasteiger partial charge on any atom is 0.407 e. The largest absolute Gasteiger partial charge is 0.496 e. The van der Waals surface area contributed by atoms with Crippen LogP contribution in [0.25, 0.3) is 10.9 Å². The molecule has 4 bridgehead atoms. The summed E-state index contributed by atoms with van der Waals surface area (Å²) in [7, 11) is -2.26. The van der Waals surface area contributed by atoms with E-state index < -0.39 is 68.7 Å². The van der Waals surface area contributed by atoms with Gasteiger partial charge in [0.1, 0.15) is 35.2 Å². The number of hydrogen-bond acceptors (Lipinski definition) is 11. The van der Waals surface area contributed by atoms with Crippen LogP contribution < -0.4 is 29.6 Å². The lowest BCUT2D eigenvalue weighted by molar-refractivity contribution is -0.142. The van der Waals surface area contributed by atoms with Crippen molar-refractivity contribution in [3.05, 3.63) is 35.9 Å². The van der Waals surface area contributed by atoms with Crippen LogP contribution in [-0.4, -0.2) is 98.0 Å². The number of fused-ring (bicyclic) bond motifs is 3. The van der Waals surface area contributed by atoms with E-state index in [4.69, 9.17) is 23.9 Å². The lowest BCUT2D eigenvalue weighted by atomic mass is 9.83. The summed E-state index contributed by atoms with van der Waals surface area (Å²) >= 11 is 0. The summed E-state index contributed by atoms with van der Waals surface area (Å²) in [6.45, 7) is 12.3. The molecule has 3 heterocycles. The van der Waals surface area contributed by atoms with E-state index in [1.165, 1.54) is 11.0 Å². The van der Waals surface area contributed by atoms with Crippen LogP contribution in [0.1, 0.15) is 109 Å². The van der Waals surface area contributed by atoms with Crippen molar-refractivity contribution in [1.82, 2.24) is 25.2 Å². The monoisotopic (exact) mass is 851 g/mol. The van der Waals surface area contributed by atoms with Gasteiger partial charge in [-0.3, -0.25) is 19.1 Å². The molecule has 4 amide bonds. The van der Waals surface area contributed by atoms with Crippen molar-refractivity contribution in [1.29, 1.82) is 0 Å². The van der Waals surface area contributed by atoms with Crippen molar-refractivity contribution < 1.29 is 46.5 Å². The van der Waals surface area contributed by atoms with Gasteiger partial charge in [0, 0.05) is 29.4 Å². The first kappa shape index (κ1) is 43.5. The van der Waals surface area contributed by atoms with Gasteiger partial charge in [0.15, 0.2) is 0 Å². The fourth-order valence-corrected chi connectivity index (χ4v) is 10.7. The Bertz CT molecular complexity index is 2120. The molecule has 5 atom stereocenters. The van der Waals surface area contributed by atoms with Gasteiger partial charge in [0.2, 0.25) is 27.7 Å². The summed E-state index contributed by atoms with van der Waals surface area (Å²) in [5.41, 5.74) is 0.593. The topological polar surface area (TPSA) is 192 Å². The van der Waals surface area contributed by atoms with E-state index in [9.17, 15) is 22.8 Å². The van der Waals surface area contributed by atoms with Crippen LogP contribution in [0.15, 0.2) is 24.8 Å². The smallest absolute Gasteiger partial charge is 0.407 e. The number of rotatable bonds is 11. The van der Waals surface area contributed by atoms with Gasteiger partial charge in [-0.15, -0.1) is 6.58 Å². The number of hydrogen-bond donors (Lipinski definition) is 3. The third-order valence-electron chi connectivity index (χ3n) is 13.0. The standard InChI is InChI=1S/C44H61N5O10S/c1-7-28-23-44(28,41(52)48-60(54,55)30-17-18-30)47-39(50)33-21-29-24-49(33)40(51)36(26-14-11-10-12-15-26)46-42(53)58-25-43(4,5)19-13-16-27-20-32-34(59-29)22-35(57-9-3)45-37(32)31(8-2)38(27)56-6/h7,20,22,26,28-30,33,36H,1,8-19,21,23-25H2,2-6H3,(H,46,53)(H,47,50)(H,48,52)/t28-,29-,33+,36+,44-/m1/s1. The highest BCUT2D eigenvalue weighted by molar-refractivity contribution is 7.91. The minimum Gasteiger partial charge on any atom is -0.496 e. The second-order valence-electron chi connectivity index (χ2n) is 18.0. The van der Waals surface area contributed by atoms with Crippen molar-refractivity contribution >= 4 is 44.7 Å². The predicted molar refractivity (Wildman–Crippen MR) is 224 cm³/mol. The zero-order valence-electron chi connectivity index (χ0n) is 35.6. The first-order valence-electron chi connectivity index (χ1n) is 21.7. The van der Waals surface area contributed by atoms with Crippen molar-refractivity contribution in [2.75, 3.05) is 26.9 Å². The van der Waals surface area contributed by atoms with E-state index in [1.807, 2.05) is 33.8 Å². The molecule has 0 unspecified atom stereocenters. The molecule has 3 saturated carbocycles. The summed E-state index contributed by atoms with van der Waals surface area (Å²) in [5, 5.41) is 5.89. The average Bonchev–Trinajstić information content (AvgIpc) is 4.15. The van der Waals surface area contributed by atoms with Crippen molar-refractivity contribution in [2.24, 2.45) is 17.3 Å². The Hall–Kier alpha value is -4.60. The average molecular weight is 852 g/mol. The highest BCUT2D eigenvalue weighted by Gasteiger charge is 2.62. The second-order valence-corrected chi connectivity index (χ2v) is 19.9. The molecule has 2 aliphatic heterocycles. The molecule has 7 rings (SSSR count). The Morgan fingerprint density at radius 1 is 1.10 bits per heavy atom. The molecule has 15 nitrogen and oxygen atoms in total. The van der Waals surface area contributed by atoms with Crippen LogP contribution in [0.4, 0.5) is 4.79 Å². The van der Waals surface area contributed by atoms with E-state index in [0.717, 1.165) is 54.4 Å². The molecule has 1 aromatic carbocycles. The van der Waals surface area contributed by atoms with Crippen LogP contribution in [-0.2, 0) is 42.0 Å². The molecule has 0 radical (unpaired) electrons. The van der Waals surface area contributed by atoms with Crippen molar-refractivity contribution in [3.8, 4) is 17.4 Å². The Labute approximate surface area is 353 Å². The lowest BCUT2D eigenvalue weighted by Crippen LogP contribution is -2.59. The number of aryl methyl sites for hydroxylation is 2. The number of benzene rings is 1. The third-order valence-corrected chi connectivity index (χ3v) is 14.8. The number of carbonyl (C=O) groups excluding carboxylic acids is 4. The SMILES string of the molecule is C=C[C@@H]1C[C@]1(NC(=O)[C@@H]1C[C@@H]2CN1C(=O)[C@H](C1CCCCC1)NC(=O)OCC(C)(C)CCCc1cc3c(cc(OCC)nc3c(CC)c1OC)O2)C(=O)NS(=O)(=O)C1CC1. The van der Waals surface area contributed by atoms with Crippen molar-refractivity contribution in [3.63, 3.8) is 0 Å². The van der Waals surface area contributed by atoms with E-state index in [-0.39, 0.29) is 37.3 Å². The molecule has 1 saturated heterocycles. The zero-order valence-corrected chi connectivity index (χ0v) is 36.4. The van der Waals surface area contributed by atoms with E-state index in [0.29, 0.717) is 62.3 Å². The fraction of sp³-hybridized carbons (Fsp3) is 0.659. The third kappa shape index (κ3) is 9.03. The van der Waals surface area contributed by atoms with Gasteiger partial charge in [-0.25, -0.2) is 18.2 Å². The first-order valence-corrected chi connectivity index (χ1v) is 23.3. The van der Waals surface area contributed by atoms with Crippen LogP contribution in [0, 0.1) is 17.3 Å². The van der Waals surface area contributed by atoms with Crippen LogP contribution >= 0.6 is 0 Å². The number of alkyl carbamates (subject to hydrolysis) is 1. The van der Waals surface area contributed by atoms with E-state index in [2.05, 4.69) is 21.9 Å². The number of methoxy groups -OCH3 is 1. The summed E-state index contributed by atoms with van der Waals surface area (Å²) < 4.78 is 52.6. The second kappa shape index (κ2) is 17.4. The summed E-state index contributed by atoms with van der Waals surface area (Å²) in [6, 6.07) is 1.66. The highest BCUT2D eigenvalue weighted by Crippen LogP contribution is 2.46. The Morgan fingerprint density at radius 3 is 2.50 bits per heavy atom. The molecule has 4 fully saturated rings. The van der Waals surface area contributed by atoms with Crippen LogP contribution in [0.3, 0.4) is 0 Å². The minimum atomic E-state index is -3.91. The quantitative estimate of drug-likeness (QED) is 0.250. The molecule has 3 aliphatic carbocycles. The molecule has 3 N–H and O–H groups in total.